The lowest BCUT2D eigenvalue weighted by Crippen LogP contribution is -2.17. The number of thiophene rings is 1. The summed E-state index contributed by atoms with van der Waals surface area (Å²) in [6, 6.07) is 1.93. The van der Waals surface area contributed by atoms with Crippen LogP contribution >= 0.6 is 23.1 Å². The van der Waals surface area contributed by atoms with Crippen molar-refractivity contribution in [2.75, 3.05) is 18.2 Å². The van der Waals surface area contributed by atoms with Crippen LogP contribution in [0.5, 0.6) is 0 Å². The quantitative estimate of drug-likeness (QED) is 0.249. The molecule has 0 amide bonds. The summed E-state index contributed by atoms with van der Waals surface area (Å²) in [5, 5.41) is 13.8. The molecule has 4 heterocycles. The normalized spacial score (nSPS) is 11.4. The van der Waals surface area contributed by atoms with E-state index in [1.54, 1.807) is 11.6 Å². The first-order chi connectivity index (χ1) is 14.8. The molecule has 13 heteroatoms. The second-order valence-corrected chi connectivity index (χ2v) is 8.70. The first-order valence-electron chi connectivity index (χ1n) is 9.39. The fourth-order valence-corrected chi connectivity index (χ4v) is 4.95. The Hall–Kier alpha value is -3.19. The summed E-state index contributed by atoms with van der Waals surface area (Å²) in [6.07, 6.45) is 0. The standard InChI is InChI=1S/C18H21N9O2S2/c1-5-29-16(28)13-10(4)12-14(19)21-11(22-15(12)31-13)7-30-18-24-23-17(26(18)20)27-9(3)6-8(2)25-27/h6H,5,7,20H2,1-4H3,(H2,19,21,22). The molecule has 0 bridgehead atoms. The predicted octanol–water partition coefficient (Wildman–Crippen LogP) is 2.16. The lowest BCUT2D eigenvalue weighted by Gasteiger charge is -2.05. The number of esters is 1. The summed E-state index contributed by atoms with van der Waals surface area (Å²) in [5.74, 6) is 7.41. The number of nitrogens with two attached hydrogens (primary N) is 2. The van der Waals surface area contributed by atoms with Gasteiger partial charge in [0.1, 0.15) is 21.3 Å². The van der Waals surface area contributed by atoms with Gasteiger partial charge in [-0.25, -0.2) is 24.1 Å². The van der Waals surface area contributed by atoms with Gasteiger partial charge in [0.15, 0.2) is 0 Å². The SMILES string of the molecule is CCOC(=O)c1sc2nc(CSc3nnc(-n4nc(C)cc4C)n3N)nc(N)c2c1C. The Bertz CT molecular complexity index is 1290. The van der Waals surface area contributed by atoms with Crippen molar-refractivity contribution >= 4 is 45.1 Å². The number of carbonyl (C=O) groups excluding carboxylic acids is 1. The van der Waals surface area contributed by atoms with Crippen molar-refractivity contribution in [2.45, 2.75) is 38.6 Å². The van der Waals surface area contributed by atoms with E-state index in [-0.39, 0.29) is 5.97 Å². The van der Waals surface area contributed by atoms with Crippen LogP contribution in [0, 0.1) is 20.8 Å². The molecule has 0 aliphatic heterocycles. The van der Waals surface area contributed by atoms with Crippen LogP contribution in [-0.4, -0.2) is 47.2 Å². The molecule has 0 spiro atoms. The van der Waals surface area contributed by atoms with E-state index in [1.807, 2.05) is 26.8 Å². The molecule has 0 atom stereocenters. The first-order valence-corrected chi connectivity index (χ1v) is 11.2. The van der Waals surface area contributed by atoms with Crippen molar-refractivity contribution < 1.29 is 9.53 Å². The van der Waals surface area contributed by atoms with Crippen molar-refractivity contribution in [3.05, 3.63) is 33.7 Å². The topological polar surface area (TPSA) is 153 Å². The summed E-state index contributed by atoms with van der Waals surface area (Å²) in [7, 11) is 0. The molecule has 0 aliphatic rings. The highest BCUT2D eigenvalue weighted by Gasteiger charge is 2.21. The monoisotopic (exact) mass is 459 g/mol. The molecule has 162 valence electrons. The number of anilines is 1. The summed E-state index contributed by atoms with van der Waals surface area (Å²) < 4.78 is 8.13. The van der Waals surface area contributed by atoms with Crippen molar-refractivity contribution in [3.8, 4) is 5.95 Å². The van der Waals surface area contributed by atoms with Crippen LogP contribution in [0.4, 0.5) is 5.82 Å². The Labute approximate surface area is 185 Å². The van der Waals surface area contributed by atoms with Gasteiger partial charge in [0.25, 0.3) is 5.95 Å². The highest BCUT2D eigenvalue weighted by Crippen LogP contribution is 2.34. The Morgan fingerprint density at radius 2 is 2.03 bits per heavy atom. The Balaban J connectivity index is 1.59. The summed E-state index contributed by atoms with van der Waals surface area (Å²) in [5.41, 5.74) is 8.66. The van der Waals surface area contributed by atoms with Gasteiger partial charge < -0.3 is 16.3 Å². The second-order valence-electron chi connectivity index (χ2n) is 6.76. The molecule has 4 N–H and O–H groups in total. The van der Waals surface area contributed by atoms with Gasteiger partial charge in [-0.15, -0.1) is 21.5 Å². The second kappa shape index (κ2) is 8.15. The average molecular weight is 460 g/mol. The molecule has 0 aromatic carbocycles. The molecule has 4 rings (SSSR count). The van der Waals surface area contributed by atoms with Gasteiger partial charge in [0, 0.05) is 5.69 Å². The molecular weight excluding hydrogens is 438 g/mol. The van der Waals surface area contributed by atoms with Crippen molar-refractivity contribution in [3.63, 3.8) is 0 Å². The highest BCUT2D eigenvalue weighted by atomic mass is 32.2. The molecule has 0 fully saturated rings. The molecule has 0 saturated carbocycles. The minimum Gasteiger partial charge on any atom is -0.462 e. The minimum absolute atomic E-state index is 0.301. The van der Waals surface area contributed by atoms with Gasteiger partial charge in [-0.2, -0.15) is 5.10 Å². The van der Waals surface area contributed by atoms with Crippen molar-refractivity contribution in [1.82, 2.24) is 34.6 Å². The zero-order valence-electron chi connectivity index (χ0n) is 17.4. The van der Waals surface area contributed by atoms with Gasteiger partial charge in [0.05, 0.1) is 23.4 Å². The smallest absolute Gasteiger partial charge is 0.348 e. The maximum Gasteiger partial charge on any atom is 0.348 e. The number of hydrogen-bond acceptors (Lipinski definition) is 11. The number of carbonyl (C=O) groups is 1. The number of ether oxygens (including phenoxy) is 1. The maximum absolute atomic E-state index is 12.2. The van der Waals surface area contributed by atoms with E-state index in [4.69, 9.17) is 16.3 Å². The molecule has 0 aliphatic carbocycles. The number of hydrogen-bond donors (Lipinski definition) is 2. The van der Waals surface area contributed by atoms with Crippen LogP contribution in [0.25, 0.3) is 16.2 Å². The molecule has 4 aromatic rings. The summed E-state index contributed by atoms with van der Waals surface area (Å²) >= 11 is 2.57. The van der Waals surface area contributed by atoms with E-state index < -0.39 is 0 Å². The van der Waals surface area contributed by atoms with E-state index in [9.17, 15) is 4.79 Å². The van der Waals surface area contributed by atoms with E-state index in [0.717, 1.165) is 17.0 Å². The number of nitrogen functional groups attached to an aromatic ring is 2. The van der Waals surface area contributed by atoms with E-state index >= 15 is 0 Å². The minimum atomic E-state index is -0.383. The molecule has 0 saturated heterocycles. The average Bonchev–Trinajstić information content (AvgIpc) is 3.35. The number of rotatable bonds is 6. The third-order valence-corrected chi connectivity index (χ3v) is 6.61. The van der Waals surface area contributed by atoms with Crippen LogP contribution in [0.2, 0.25) is 0 Å². The van der Waals surface area contributed by atoms with Gasteiger partial charge in [0.2, 0.25) is 5.16 Å². The van der Waals surface area contributed by atoms with Gasteiger partial charge in [-0.1, -0.05) is 11.8 Å². The number of thioether (sulfide) groups is 1. The number of nitrogens with zero attached hydrogens (tertiary/aromatic N) is 7. The molecule has 11 nitrogen and oxygen atoms in total. The lowest BCUT2D eigenvalue weighted by molar-refractivity contribution is 0.0531. The Morgan fingerprint density at radius 1 is 1.26 bits per heavy atom. The zero-order chi connectivity index (χ0) is 22.3. The molecular formula is C18H21N9O2S2. The van der Waals surface area contributed by atoms with Crippen molar-refractivity contribution in [2.24, 2.45) is 0 Å². The van der Waals surface area contributed by atoms with Crippen LogP contribution in [0.1, 0.15) is 39.4 Å². The van der Waals surface area contributed by atoms with Crippen molar-refractivity contribution in [1.29, 1.82) is 0 Å². The largest absolute Gasteiger partial charge is 0.462 e. The van der Waals surface area contributed by atoms with E-state index in [0.29, 0.717) is 50.2 Å². The summed E-state index contributed by atoms with van der Waals surface area (Å²) in [6.45, 7) is 7.70. The number of aromatic nitrogens is 7. The fraction of sp³-hybridized carbons (Fsp3) is 0.333. The third-order valence-electron chi connectivity index (χ3n) is 4.50. The number of fused-ring (bicyclic) bond motifs is 1. The van der Waals surface area contributed by atoms with E-state index in [1.165, 1.54) is 27.8 Å². The molecule has 0 radical (unpaired) electrons. The van der Waals surface area contributed by atoms with Gasteiger partial charge >= 0.3 is 5.97 Å². The third kappa shape index (κ3) is 3.81. The molecule has 31 heavy (non-hydrogen) atoms. The lowest BCUT2D eigenvalue weighted by atomic mass is 10.2. The van der Waals surface area contributed by atoms with Crippen LogP contribution in [0.3, 0.4) is 0 Å². The molecule has 0 unspecified atom stereocenters. The number of aryl methyl sites for hydroxylation is 3. The van der Waals surface area contributed by atoms with Crippen LogP contribution in [-0.2, 0) is 10.5 Å². The summed E-state index contributed by atoms with van der Waals surface area (Å²) in [4.78, 5) is 22.3. The Kier molecular flexibility index (Phi) is 5.54. The fourth-order valence-electron chi connectivity index (χ4n) is 3.14. The first kappa shape index (κ1) is 21.1. The van der Waals surface area contributed by atoms with Crippen LogP contribution in [0.15, 0.2) is 11.2 Å². The maximum atomic E-state index is 12.2. The molecule has 4 aromatic heterocycles. The predicted molar refractivity (Wildman–Crippen MR) is 119 cm³/mol. The zero-order valence-corrected chi connectivity index (χ0v) is 19.0. The van der Waals surface area contributed by atoms with Gasteiger partial charge in [-0.05, 0) is 39.3 Å². The van der Waals surface area contributed by atoms with E-state index in [2.05, 4.69) is 25.3 Å². The highest BCUT2D eigenvalue weighted by molar-refractivity contribution is 7.98. The van der Waals surface area contributed by atoms with Crippen LogP contribution < -0.4 is 11.6 Å². The Morgan fingerprint density at radius 3 is 2.71 bits per heavy atom. The van der Waals surface area contributed by atoms with Gasteiger partial charge in [-0.3, -0.25) is 0 Å².